The fourth-order valence-corrected chi connectivity index (χ4v) is 3.25. The Morgan fingerprint density at radius 2 is 1.78 bits per heavy atom. The molecule has 0 unspecified atom stereocenters. The van der Waals surface area contributed by atoms with E-state index in [9.17, 15) is 29.8 Å². The number of para-hydroxylation sites is 2. The van der Waals surface area contributed by atoms with Gasteiger partial charge in [-0.05, 0) is 12.1 Å². The second-order valence-electron chi connectivity index (χ2n) is 5.39. The number of carbonyl (C=O) groups is 2. The first-order valence-corrected chi connectivity index (χ1v) is 7.99. The Labute approximate surface area is 160 Å². The minimum Gasteiger partial charge on any atom is -0.323 e. The van der Waals surface area contributed by atoms with Crippen LogP contribution < -0.4 is 10.2 Å². The number of hydrogen-bond donors (Lipinski definition) is 1. The lowest BCUT2D eigenvalue weighted by Gasteiger charge is -2.29. The summed E-state index contributed by atoms with van der Waals surface area (Å²) in [6.45, 7) is -0.392. The SMILES string of the molecule is O=C1CN(C(=O)c2cc([N+](=O)[O-])c(Cl)c([N+](=O)[O-])c2Cl)c2ccccc2N1. The van der Waals surface area contributed by atoms with Gasteiger partial charge in [-0.2, -0.15) is 0 Å². The van der Waals surface area contributed by atoms with Crippen molar-refractivity contribution in [1.29, 1.82) is 0 Å². The van der Waals surface area contributed by atoms with Gasteiger partial charge in [-0.1, -0.05) is 35.3 Å². The summed E-state index contributed by atoms with van der Waals surface area (Å²) in [4.78, 5) is 46.3. The molecule has 0 saturated carbocycles. The molecule has 0 spiro atoms. The van der Waals surface area contributed by atoms with Gasteiger partial charge in [0, 0.05) is 6.07 Å². The quantitative estimate of drug-likeness (QED) is 0.607. The van der Waals surface area contributed by atoms with E-state index in [-0.39, 0.29) is 0 Å². The van der Waals surface area contributed by atoms with Gasteiger partial charge in [0.1, 0.15) is 11.6 Å². The molecule has 27 heavy (non-hydrogen) atoms. The van der Waals surface area contributed by atoms with E-state index in [1.54, 1.807) is 24.3 Å². The minimum atomic E-state index is -1.01. The third-order valence-corrected chi connectivity index (χ3v) is 4.54. The lowest BCUT2D eigenvalue weighted by molar-refractivity contribution is -0.393. The lowest BCUT2D eigenvalue weighted by Crippen LogP contribution is -2.42. The molecule has 3 rings (SSSR count). The van der Waals surface area contributed by atoms with E-state index in [2.05, 4.69) is 5.32 Å². The predicted octanol–water partition coefficient (Wildman–Crippen LogP) is 3.41. The largest absolute Gasteiger partial charge is 0.323 e. The molecule has 1 heterocycles. The number of hydrogen-bond acceptors (Lipinski definition) is 6. The highest BCUT2D eigenvalue weighted by Gasteiger charge is 2.36. The van der Waals surface area contributed by atoms with Crippen LogP contribution in [0.1, 0.15) is 10.4 Å². The maximum Gasteiger partial charge on any atom is 0.314 e. The summed E-state index contributed by atoms with van der Waals surface area (Å²) in [5, 5.41) is 23.6. The standard InChI is InChI=1S/C15H8Cl2N4O6/c16-12-7(5-10(20(24)25)13(17)14(12)21(26)27)15(23)19-6-11(22)18-8-3-1-2-4-9(8)19/h1-5H,6H2,(H,18,22). The molecule has 2 amide bonds. The topological polar surface area (TPSA) is 136 Å². The Morgan fingerprint density at radius 1 is 1.11 bits per heavy atom. The number of benzene rings is 2. The fourth-order valence-electron chi connectivity index (χ4n) is 2.62. The van der Waals surface area contributed by atoms with E-state index in [1.165, 1.54) is 0 Å². The zero-order valence-corrected chi connectivity index (χ0v) is 14.7. The first kappa shape index (κ1) is 18.5. The molecule has 0 radical (unpaired) electrons. The van der Waals surface area contributed by atoms with Crippen LogP contribution in [0.15, 0.2) is 30.3 Å². The number of amides is 2. The molecule has 0 aromatic heterocycles. The van der Waals surface area contributed by atoms with Crippen molar-refractivity contribution in [2.45, 2.75) is 0 Å². The Balaban J connectivity index is 2.20. The fraction of sp³-hybridized carbons (Fsp3) is 0.0667. The first-order chi connectivity index (χ1) is 12.7. The number of anilines is 2. The number of fused-ring (bicyclic) bond motifs is 1. The van der Waals surface area contributed by atoms with Crippen molar-refractivity contribution in [2.75, 3.05) is 16.8 Å². The highest BCUT2D eigenvalue weighted by atomic mass is 35.5. The molecule has 0 fully saturated rings. The van der Waals surface area contributed by atoms with Crippen LogP contribution in [0.25, 0.3) is 0 Å². The lowest BCUT2D eigenvalue weighted by atomic mass is 10.1. The summed E-state index contributed by atoms with van der Waals surface area (Å²) in [7, 11) is 0. The smallest absolute Gasteiger partial charge is 0.314 e. The van der Waals surface area contributed by atoms with Gasteiger partial charge < -0.3 is 5.32 Å². The molecule has 12 heteroatoms. The highest BCUT2D eigenvalue weighted by molar-refractivity contribution is 6.42. The highest BCUT2D eigenvalue weighted by Crippen LogP contribution is 2.42. The Bertz CT molecular complexity index is 1030. The van der Waals surface area contributed by atoms with Gasteiger partial charge >= 0.3 is 5.69 Å². The molecule has 0 saturated heterocycles. The maximum atomic E-state index is 13.0. The van der Waals surface area contributed by atoms with Crippen LogP contribution in [0.5, 0.6) is 0 Å². The van der Waals surface area contributed by atoms with Crippen molar-refractivity contribution in [3.63, 3.8) is 0 Å². The van der Waals surface area contributed by atoms with Crippen molar-refractivity contribution >= 4 is 57.8 Å². The molecular weight excluding hydrogens is 403 g/mol. The number of halogens is 2. The Hall–Kier alpha value is -3.24. The first-order valence-electron chi connectivity index (χ1n) is 7.24. The van der Waals surface area contributed by atoms with E-state index >= 15 is 0 Å². The third kappa shape index (κ3) is 3.15. The van der Waals surface area contributed by atoms with Gasteiger partial charge in [-0.25, -0.2) is 0 Å². The molecule has 10 nitrogen and oxygen atoms in total. The van der Waals surface area contributed by atoms with E-state index in [4.69, 9.17) is 23.2 Å². The van der Waals surface area contributed by atoms with Gasteiger partial charge in [0.25, 0.3) is 11.6 Å². The van der Waals surface area contributed by atoms with E-state index in [0.717, 1.165) is 11.0 Å². The zero-order valence-electron chi connectivity index (χ0n) is 13.1. The number of nitrogens with one attached hydrogen (secondary N) is 1. The van der Waals surface area contributed by atoms with Crippen molar-refractivity contribution < 1.29 is 19.4 Å². The summed E-state index contributed by atoms with van der Waals surface area (Å²) in [5.74, 6) is -1.42. The normalized spacial score (nSPS) is 13.0. The van der Waals surface area contributed by atoms with Gasteiger partial charge in [-0.3, -0.25) is 34.7 Å². The molecule has 1 aliphatic rings. The van der Waals surface area contributed by atoms with Crippen molar-refractivity contribution in [3.8, 4) is 0 Å². The van der Waals surface area contributed by atoms with Crippen molar-refractivity contribution in [1.82, 2.24) is 0 Å². The second-order valence-corrected chi connectivity index (χ2v) is 6.15. The predicted molar refractivity (Wildman–Crippen MR) is 96.5 cm³/mol. The van der Waals surface area contributed by atoms with Crippen LogP contribution in [0.3, 0.4) is 0 Å². The molecule has 0 aliphatic carbocycles. The molecule has 2 aromatic carbocycles. The van der Waals surface area contributed by atoms with Gasteiger partial charge in [0.15, 0.2) is 5.02 Å². The number of rotatable bonds is 3. The van der Waals surface area contributed by atoms with E-state index < -0.39 is 55.2 Å². The van der Waals surface area contributed by atoms with Gasteiger partial charge in [0.2, 0.25) is 5.91 Å². The summed E-state index contributed by atoms with van der Waals surface area (Å²) in [6, 6.07) is 7.11. The number of nitro groups is 2. The monoisotopic (exact) mass is 410 g/mol. The summed E-state index contributed by atoms with van der Waals surface area (Å²) < 4.78 is 0. The number of nitro benzene ring substituents is 2. The van der Waals surface area contributed by atoms with E-state index in [0.29, 0.717) is 11.4 Å². The van der Waals surface area contributed by atoms with E-state index in [1.807, 2.05) is 0 Å². The molecule has 1 aliphatic heterocycles. The van der Waals surface area contributed by atoms with Gasteiger partial charge in [-0.15, -0.1) is 0 Å². The van der Waals surface area contributed by atoms with Crippen LogP contribution in [0.4, 0.5) is 22.7 Å². The molecule has 0 atom stereocenters. The number of nitrogens with zero attached hydrogens (tertiary/aromatic N) is 3. The molecular formula is C15H8Cl2N4O6. The Kier molecular flexibility index (Phi) is 4.68. The molecule has 138 valence electrons. The van der Waals surface area contributed by atoms with Crippen molar-refractivity contribution in [3.05, 3.63) is 66.2 Å². The number of carbonyl (C=O) groups excluding carboxylic acids is 2. The molecule has 1 N–H and O–H groups in total. The average molecular weight is 411 g/mol. The Morgan fingerprint density at radius 3 is 2.41 bits per heavy atom. The summed E-state index contributed by atoms with van der Waals surface area (Å²) in [5.41, 5.74) is -1.64. The van der Waals surface area contributed by atoms with Crippen LogP contribution in [0.2, 0.25) is 10.0 Å². The minimum absolute atomic E-state index is 0.318. The van der Waals surface area contributed by atoms with Crippen molar-refractivity contribution in [2.24, 2.45) is 0 Å². The van der Waals surface area contributed by atoms with Crippen LogP contribution in [0, 0.1) is 20.2 Å². The second kappa shape index (κ2) is 6.82. The zero-order chi connectivity index (χ0) is 19.9. The molecule has 0 bridgehead atoms. The van der Waals surface area contributed by atoms with Crippen LogP contribution in [-0.4, -0.2) is 28.2 Å². The molecule has 2 aromatic rings. The average Bonchev–Trinajstić information content (AvgIpc) is 2.60. The maximum absolute atomic E-state index is 13.0. The summed E-state index contributed by atoms with van der Waals surface area (Å²) >= 11 is 11.7. The van der Waals surface area contributed by atoms with Gasteiger partial charge in [0.05, 0.1) is 26.8 Å². The summed E-state index contributed by atoms with van der Waals surface area (Å²) in [6.07, 6.45) is 0. The van der Waals surface area contributed by atoms with Crippen LogP contribution in [-0.2, 0) is 4.79 Å². The third-order valence-electron chi connectivity index (χ3n) is 3.78. The van der Waals surface area contributed by atoms with Crippen LogP contribution >= 0.6 is 23.2 Å².